The van der Waals surface area contributed by atoms with E-state index in [0.717, 1.165) is 22.1 Å². The number of pyridine rings is 1. The van der Waals surface area contributed by atoms with Gasteiger partial charge in [-0.1, -0.05) is 29.8 Å². The summed E-state index contributed by atoms with van der Waals surface area (Å²) in [5.41, 5.74) is 8.54. The molecule has 0 aliphatic rings. The van der Waals surface area contributed by atoms with Gasteiger partial charge in [-0.25, -0.2) is 4.98 Å². The molecule has 1 aromatic carbocycles. The van der Waals surface area contributed by atoms with E-state index >= 15 is 0 Å². The lowest BCUT2D eigenvalue weighted by Crippen LogP contribution is -1.92. The van der Waals surface area contributed by atoms with E-state index in [1.807, 2.05) is 36.4 Å². The van der Waals surface area contributed by atoms with Crippen LogP contribution in [0.4, 0.5) is 5.82 Å². The van der Waals surface area contributed by atoms with Crippen LogP contribution in [0.15, 0.2) is 47.2 Å². The molecule has 0 saturated heterocycles. The minimum absolute atomic E-state index is 0.463. The zero-order valence-electron chi connectivity index (χ0n) is 10.0. The fourth-order valence-electron chi connectivity index (χ4n) is 1.87. The largest absolute Gasteiger partial charge is 0.464 e. The zero-order chi connectivity index (χ0) is 13.2. The molecule has 3 aromatic rings. The van der Waals surface area contributed by atoms with E-state index in [2.05, 4.69) is 4.98 Å². The number of nitrogens with zero attached hydrogens (tertiary/aromatic N) is 1. The van der Waals surface area contributed by atoms with E-state index in [4.69, 9.17) is 21.8 Å². The van der Waals surface area contributed by atoms with Crippen molar-refractivity contribution in [2.24, 2.45) is 0 Å². The Bertz CT molecular complexity index is 762. The number of aromatic nitrogens is 1. The van der Waals surface area contributed by atoms with Gasteiger partial charge in [0, 0.05) is 17.1 Å². The van der Waals surface area contributed by atoms with Crippen LogP contribution in [0.5, 0.6) is 0 Å². The number of hydrogen-bond donors (Lipinski definition) is 1. The SMILES string of the molecule is Nc1ncc(Cl)cc1C=Cc1ccc2occc2c1. The number of benzene rings is 1. The number of nitrogens with two attached hydrogens (primary N) is 1. The van der Waals surface area contributed by atoms with E-state index in [0.29, 0.717) is 10.8 Å². The number of halogens is 1. The van der Waals surface area contributed by atoms with E-state index < -0.39 is 0 Å². The molecule has 0 bridgehead atoms. The average molecular weight is 271 g/mol. The van der Waals surface area contributed by atoms with Gasteiger partial charge >= 0.3 is 0 Å². The second-order valence-electron chi connectivity index (χ2n) is 4.18. The van der Waals surface area contributed by atoms with Gasteiger partial charge in [-0.3, -0.25) is 0 Å². The highest BCUT2D eigenvalue weighted by atomic mass is 35.5. The third kappa shape index (κ3) is 2.46. The quantitative estimate of drug-likeness (QED) is 0.758. The number of rotatable bonds is 2. The minimum atomic E-state index is 0.463. The summed E-state index contributed by atoms with van der Waals surface area (Å²) in [4.78, 5) is 4.01. The van der Waals surface area contributed by atoms with Crippen LogP contribution in [0.2, 0.25) is 5.02 Å². The van der Waals surface area contributed by atoms with Crippen molar-refractivity contribution in [2.75, 3.05) is 5.73 Å². The Morgan fingerprint density at radius 3 is 2.95 bits per heavy atom. The molecule has 2 N–H and O–H groups in total. The van der Waals surface area contributed by atoms with Crippen molar-refractivity contribution in [3.8, 4) is 0 Å². The number of hydrogen-bond acceptors (Lipinski definition) is 3. The highest BCUT2D eigenvalue weighted by molar-refractivity contribution is 6.30. The second-order valence-corrected chi connectivity index (χ2v) is 4.62. The van der Waals surface area contributed by atoms with Crippen molar-refractivity contribution >= 4 is 40.5 Å². The molecule has 0 unspecified atom stereocenters. The Kier molecular flexibility index (Phi) is 2.97. The second kappa shape index (κ2) is 4.78. The zero-order valence-corrected chi connectivity index (χ0v) is 10.8. The van der Waals surface area contributed by atoms with Gasteiger partial charge in [-0.2, -0.15) is 0 Å². The molecule has 2 heterocycles. The summed E-state index contributed by atoms with van der Waals surface area (Å²) in [5.74, 6) is 0.463. The molecular weight excluding hydrogens is 260 g/mol. The molecule has 3 rings (SSSR count). The van der Waals surface area contributed by atoms with Crippen LogP contribution in [-0.4, -0.2) is 4.98 Å². The van der Waals surface area contributed by atoms with Crippen LogP contribution in [0.25, 0.3) is 23.1 Å². The Morgan fingerprint density at radius 2 is 2.05 bits per heavy atom. The van der Waals surface area contributed by atoms with Crippen molar-refractivity contribution in [1.29, 1.82) is 0 Å². The van der Waals surface area contributed by atoms with E-state index in [1.165, 1.54) is 6.20 Å². The summed E-state index contributed by atoms with van der Waals surface area (Å²) in [5, 5.41) is 1.64. The molecule has 0 aliphatic carbocycles. The Hall–Kier alpha value is -2.26. The van der Waals surface area contributed by atoms with Crippen LogP contribution in [-0.2, 0) is 0 Å². The van der Waals surface area contributed by atoms with Gasteiger partial charge in [0.05, 0.1) is 11.3 Å². The van der Waals surface area contributed by atoms with Gasteiger partial charge in [0.1, 0.15) is 11.4 Å². The first-order chi connectivity index (χ1) is 9.22. The predicted octanol–water partition coefficient (Wildman–Crippen LogP) is 4.23. The van der Waals surface area contributed by atoms with Gasteiger partial charge in [0.2, 0.25) is 0 Å². The van der Waals surface area contributed by atoms with E-state index in [-0.39, 0.29) is 0 Å². The monoisotopic (exact) mass is 270 g/mol. The molecule has 0 spiro atoms. The standard InChI is InChI=1S/C15H11ClN2O/c16-13-8-12(15(17)18-9-13)3-1-10-2-4-14-11(7-10)5-6-19-14/h1-9H,(H2,17,18). The highest BCUT2D eigenvalue weighted by Gasteiger charge is 1.99. The van der Waals surface area contributed by atoms with Gasteiger partial charge < -0.3 is 10.2 Å². The van der Waals surface area contributed by atoms with Crippen molar-refractivity contribution < 1.29 is 4.42 Å². The Labute approximate surface area is 115 Å². The summed E-state index contributed by atoms with van der Waals surface area (Å²) < 4.78 is 5.30. The van der Waals surface area contributed by atoms with Crippen LogP contribution in [0.1, 0.15) is 11.1 Å². The molecule has 2 aromatic heterocycles. The number of anilines is 1. The molecular formula is C15H11ClN2O. The first kappa shape index (κ1) is 11.8. The van der Waals surface area contributed by atoms with Gasteiger partial charge in [0.15, 0.2) is 0 Å². The predicted molar refractivity (Wildman–Crippen MR) is 78.8 cm³/mol. The van der Waals surface area contributed by atoms with E-state index in [9.17, 15) is 0 Å². The molecule has 0 aliphatic heterocycles. The Morgan fingerprint density at radius 1 is 1.16 bits per heavy atom. The van der Waals surface area contributed by atoms with Crippen LogP contribution in [0, 0.1) is 0 Å². The molecule has 0 saturated carbocycles. The molecule has 0 radical (unpaired) electrons. The molecule has 0 fully saturated rings. The average Bonchev–Trinajstić information content (AvgIpc) is 2.87. The first-order valence-electron chi connectivity index (χ1n) is 5.79. The van der Waals surface area contributed by atoms with Crippen LogP contribution >= 0.6 is 11.6 Å². The fraction of sp³-hybridized carbons (Fsp3) is 0. The highest BCUT2D eigenvalue weighted by Crippen LogP contribution is 2.20. The molecule has 4 heteroatoms. The summed E-state index contributed by atoms with van der Waals surface area (Å²) in [6, 6.07) is 9.69. The smallest absolute Gasteiger partial charge is 0.133 e. The van der Waals surface area contributed by atoms with Gasteiger partial charge in [-0.15, -0.1) is 0 Å². The molecule has 94 valence electrons. The lowest BCUT2D eigenvalue weighted by atomic mass is 10.1. The lowest BCUT2D eigenvalue weighted by molar-refractivity contribution is 0.616. The number of furan rings is 1. The molecule has 0 atom stereocenters. The maximum atomic E-state index is 5.90. The fourth-order valence-corrected chi connectivity index (χ4v) is 2.04. The van der Waals surface area contributed by atoms with Crippen molar-refractivity contribution in [2.45, 2.75) is 0 Å². The molecule has 3 nitrogen and oxygen atoms in total. The summed E-state index contributed by atoms with van der Waals surface area (Å²) >= 11 is 5.90. The van der Waals surface area contributed by atoms with Crippen LogP contribution < -0.4 is 5.73 Å². The van der Waals surface area contributed by atoms with Crippen LogP contribution in [0.3, 0.4) is 0 Å². The lowest BCUT2D eigenvalue weighted by Gasteiger charge is -1.99. The first-order valence-corrected chi connectivity index (χ1v) is 6.16. The maximum absolute atomic E-state index is 5.90. The maximum Gasteiger partial charge on any atom is 0.133 e. The summed E-state index contributed by atoms with van der Waals surface area (Å²) in [6.45, 7) is 0. The van der Waals surface area contributed by atoms with E-state index in [1.54, 1.807) is 12.3 Å². The van der Waals surface area contributed by atoms with Crippen molar-refractivity contribution in [3.63, 3.8) is 0 Å². The van der Waals surface area contributed by atoms with Gasteiger partial charge in [0.25, 0.3) is 0 Å². The topological polar surface area (TPSA) is 52.0 Å². The third-order valence-electron chi connectivity index (χ3n) is 2.85. The number of nitrogen functional groups attached to an aromatic ring is 1. The Balaban J connectivity index is 1.95. The van der Waals surface area contributed by atoms with Crippen molar-refractivity contribution in [3.05, 3.63) is 58.9 Å². The summed E-state index contributed by atoms with van der Waals surface area (Å²) in [7, 11) is 0. The molecule has 0 amide bonds. The van der Waals surface area contributed by atoms with Gasteiger partial charge in [-0.05, 0) is 29.8 Å². The molecule has 19 heavy (non-hydrogen) atoms. The minimum Gasteiger partial charge on any atom is -0.464 e. The summed E-state index contributed by atoms with van der Waals surface area (Å²) in [6.07, 6.45) is 7.08. The third-order valence-corrected chi connectivity index (χ3v) is 3.05. The number of fused-ring (bicyclic) bond motifs is 1. The normalized spacial score (nSPS) is 11.4. The van der Waals surface area contributed by atoms with Crippen molar-refractivity contribution in [1.82, 2.24) is 4.98 Å².